The second-order valence-electron chi connectivity index (χ2n) is 6.90. The summed E-state index contributed by atoms with van der Waals surface area (Å²) in [7, 11) is -3.84. The number of para-hydroxylation sites is 1. The van der Waals surface area contributed by atoms with E-state index >= 15 is 0 Å². The first-order valence-corrected chi connectivity index (χ1v) is 11.2. The van der Waals surface area contributed by atoms with Crippen LogP contribution in [0.15, 0.2) is 77.7 Å². The molecule has 1 heterocycles. The van der Waals surface area contributed by atoms with Crippen LogP contribution in [-0.2, 0) is 16.4 Å². The van der Waals surface area contributed by atoms with E-state index in [1.165, 1.54) is 34.6 Å². The molecule has 0 bridgehead atoms. The molecular formula is C22H18ClN3O4S. The summed E-state index contributed by atoms with van der Waals surface area (Å²) in [5, 5.41) is 0.389. The summed E-state index contributed by atoms with van der Waals surface area (Å²) in [4.78, 5) is 24.6. The molecule has 4 rings (SSSR count). The molecule has 9 heteroatoms. The number of fused-ring (bicyclic) bond motifs is 1. The molecule has 7 nitrogen and oxygen atoms in total. The molecule has 0 radical (unpaired) electrons. The largest absolute Gasteiger partial charge is 0.269 e. The van der Waals surface area contributed by atoms with Gasteiger partial charge in [0.15, 0.2) is 0 Å². The van der Waals surface area contributed by atoms with Crippen LogP contribution in [-0.4, -0.2) is 26.8 Å². The molecule has 1 aliphatic heterocycles. The number of carbonyl (C=O) groups is 2. The quantitative estimate of drug-likeness (QED) is 0.591. The number of amides is 2. The molecule has 0 aromatic heterocycles. The Hall–Kier alpha value is -3.36. The van der Waals surface area contributed by atoms with E-state index in [4.69, 9.17) is 11.6 Å². The SMILES string of the molecule is O=C(NNC(=O)c1cccc(S(=O)(=O)N2CCc3ccccc32)c1)c1cccc(Cl)c1. The zero-order chi connectivity index (χ0) is 22.0. The Balaban J connectivity index is 1.50. The third-order valence-corrected chi connectivity index (χ3v) is 6.95. The van der Waals surface area contributed by atoms with Crippen LogP contribution in [0.3, 0.4) is 0 Å². The Morgan fingerprint density at radius 1 is 0.839 bits per heavy atom. The van der Waals surface area contributed by atoms with Crippen LogP contribution in [0.5, 0.6) is 0 Å². The second kappa shape index (κ2) is 8.41. The maximum Gasteiger partial charge on any atom is 0.269 e. The number of nitrogens with zero attached hydrogens (tertiary/aromatic N) is 1. The van der Waals surface area contributed by atoms with Gasteiger partial charge in [-0.2, -0.15) is 0 Å². The van der Waals surface area contributed by atoms with Crippen LogP contribution in [0, 0.1) is 0 Å². The molecule has 3 aromatic rings. The van der Waals surface area contributed by atoms with Crippen LogP contribution >= 0.6 is 11.6 Å². The number of hydrazine groups is 1. The minimum atomic E-state index is -3.84. The number of sulfonamides is 1. The van der Waals surface area contributed by atoms with Gasteiger partial charge in [-0.1, -0.05) is 41.9 Å². The first-order valence-electron chi connectivity index (χ1n) is 9.43. The zero-order valence-corrected chi connectivity index (χ0v) is 17.8. The van der Waals surface area contributed by atoms with Crippen LogP contribution < -0.4 is 15.2 Å². The van der Waals surface area contributed by atoms with E-state index in [1.54, 1.807) is 30.3 Å². The van der Waals surface area contributed by atoms with E-state index < -0.39 is 21.8 Å². The van der Waals surface area contributed by atoms with Gasteiger partial charge in [-0.15, -0.1) is 0 Å². The summed E-state index contributed by atoms with van der Waals surface area (Å²) in [5.74, 6) is -1.19. The van der Waals surface area contributed by atoms with E-state index in [0.717, 1.165) is 5.56 Å². The fraction of sp³-hybridized carbons (Fsp3) is 0.0909. The van der Waals surface area contributed by atoms with E-state index in [9.17, 15) is 18.0 Å². The third-order valence-electron chi connectivity index (χ3n) is 4.91. The molecule has 3 aromatic carbocycles. The number of benzene rings is 3. The fourth-order valence-electron chi connectivity index (χ4n) is 3.37. The van der Waals surface area contributed by atoms with E-state index in [1.807, 2.05) is 12.1 Å². The molecule has 0 saturated heterocycles. The molecular weight excluding hydrogens is 438 g/mol. The monoisotopic (exact) mass is 455 g/mol. The molecule has 0 aliphatic carbocycles. The summed E-state index contributed by atoms with van der Waals surface area (Å²) in [6, 6.07) is 19.3. The van der Waals surface area contributed by atoms with Gasteiger partial charge in [-0.3, -0.25) is 24.7 Å². The molecule has 2 N–H and O–H groups in total. The molecule has 158 valence electrons. The molecule has 2 amide bonds. The zero-order valence-electron chi connectivity index (χ0n) is 16.2. The van der Waals surface area contributed by atoms with Crippen molar-refractivity contribution in [1.82, 2.24) is 10.9 Å². The normalized spacial score (nSPS) is 12.9. The maximum atomic E-state index is 13.2. The highest BCUT2D eigenvalue weighted by Crippen LogP contribution is 2.32. The number of hydrogen-bond acceptors (Lipinski definition) is 4. The average Bonchev–Trinajstić information content (AvgIpc) is 3.22. The van der Waals surface area contributed by atoms with Crippen molar-refractivity contribution in [2.75, 3.05) is 10.8 Å². The van der Waals surface area contributed by atoms with Gasteiger partial charge in [-0.05, 0) is 54.4 Å². The van der Waals surface area contributed by atoms with E-state index in [2.05, 4.69) is 10.9 Å². The summed E-state index contributed by atoms with van der Waals surface area (Å²) in [6.45, 7) is 0.341. The Morgan fingerprint density at radius 2 is 1.48 bits per heavy atom. The van der Waals surface area contributed by atoms with Crippen molar-refractivity contribution in [3.63, 3.8) is 0 Å². The molecule has 1 aliphatic rings. The first kappa shape index (κ1) is 20.9. The highest BCUT2D eigenvalue weighted by atomic mass is 35.5. The number of rotatable bonds is 4. The van der Waals surface area contributed by atoms with E-state index in [-0.39, 0.29) is 16.0 Å². The molecule has 0 saturated carbocycles. The number of nitrogens with one attached hydrogen (secondary N) is 2. The Bertz CT molecular complexity index is 1280. The number of hydrogen-bond donors (Lipinski definition) is 2. The lowest BCUT2D eigenvalue weighted by Crippen LogP contribution is -2.41. The Labute approximate surface area is 184 Å². The van der Waals surface area contributed by atoms with Crippen molar-refractivity contribution in [2.45, 2.75) is 11.3 Å². The molecule has 0 fully saturated rings. The minimum absolute atomic E-state index is 0.00183. The van der Waals surface area contributed by atoms with Gasteiger partial charge in [0.05, 0.1) is 10.6 Å². The minimum Gasteiger partial charge on any atom is -0.267 e. The lowest BCUT2D eigenvalue weighted by atomic mass is 10.2. The number of carbonyl (C=O) groups excluding carboxylic acids is 2. The van der Waals surface area contributed by atoms with Crippen molar-refractivity contribution in [1.29, 1.82) is 0 Å². The van der Waals surface area contributed by atoms with Crippen LogP contribution in [0.25, 0.3) is 0 Å². The highest BCUT2D eigenvalue weighted by molar-refractivity contribution is 7.92. The van der Waals surface area contributed by atoms with Gasteiger partial charge in [0.1, 0.15) is 0 Å². The van der Waals surface area contributed by atoms with Gasteiger partial charge in [-0.25, -0.2) is 8.42 Å². The van der Waals surface area contributed by atoms with Gasteiger partial charge in [0.2, 0.25) is 0 Å². The summed E-state index contributed by atoms with van der Waals surface area (Å²) in [6.07, 6.45) is 0.630. The van der Waals surface area contributed by atoms with E-state index in [0.29, 0.717) is 23.7 Å². The van der Waals surface area contributed by atoms with Crippen molar-refractivity contribution in [2.24, 2.45) is 0 Å². The molecule has 0 atom stereocenters. The predicted octanol–water partition coefficient (Wildman–Crippen LogP) is 3.17. The van der Waals surface area contributed by atoms with Crippen LogP contribution in [0.2, 0.25) is 5.02 Å². The van der Waals surface area contributed by atoms with Gasteiger partial charge >= 0.3 is 0 Å². The number of halogens is 1. The van der Waals surface area contributed by atoms with Crippen molar-refractivity contribution in [3.05, 3.63) is 94.5 Å². The lowest BCUT2D eigenvalue weighted by molar-refractivity contribution is 0.0846. The summed E-state index contributed by atoms with van der Waals surface area (Å²) in [5.41, 5.74) is 6.56. The maximum absolute atomic E-state index is 13.2. The molecule has 31 heavy (non-hydrogen) atoms. The summed E-state index contributed by atoms with van der Waals surface area (Å²) >= 11 is 5.86. The standard InChI is InChI=1S/C22H18ClN3O4S/c23-18-8-3-6-16(13-18)21(27)24-25-22(28)17-7-4-9-19(14-17)31(29,30)26-12-11-15-5-1-2-10-20(15)26/h1-10,13-14H,11-12H2,(H,24,27)(H,25,28). The van der Waals surface area contributed by atoms with Crippen LogP contribution in [0.4, 0.5) is 5.69 Å². The Morgan fingerprint density at radius 3 is 2.19 bits per heavy atom. The Kier molecular flexibility index (Phi) is 5.67. The summed E-state index contributed by atoms with van der Waals surface area (Å²) < 4.78 is 27.7. The van der Waals surface area contributed by atoms with Crippen molar-refractivity contribution in [3.8, 4) is 0 Å². The second-order valence-corrected chi connectivity index (χ2v) is 9.20. The van der Waals surface area contributed by atoms with Gasteiger partial charge < -0.3 is 0 Å². The molecule has 0 unspecified atom stereocenters. The fourth-order valence-corrected chi connectivity index (χ4v) is 5.11. The molecule has 0 spiro atoms. The lowest BCUT2D eigenvalue weighted by Gasteiger charge is -2.20. The predicted molar refractivity (Wildman–Crippen MR) is 118 cm³/mol. The van der Waals surface area contributed by atoms with Gasteiger partial charge in [0, 0.05) is 22.7 Å². The first-order chi connectivity index (χ1) is 14.9. The van der Waals surface area contributed by atoms with Crippen LogP contribution in [0.1, 0.15) is 26.3 Å². The number of anilines is 1. The van der Waals surface area contributed by atoms with Crippen molar-refractivity contribution < 1.29 is 18.0 Å². The highest BCUT2D eigenvalue weighted by Gasteiger charge is 2.31. The smallest absolute Gasteiger partial charge is 0.267 e. The third kappa shape index (κ3) is 4.26. The van der Waals surface area contributed by atoms with Crippen molar-refractivity contribution >= 4 is 39.1 Å². The van der Waals surface area contributed by atoms with Gasteiger partial charge in [0.25, 0.3) is 21.8 Å². The average molecular weight is 456 g/mol. The topological polar surface area (TPSA) is 95.6 Å².